The highest BCUT2D eigenvalue weighted by Gasteiger charge is 2.24. The van der Waals surface area contributed by atoms with Crippen LogP contribution in [0.25, 0.3) is 0 Å². The van der Waals surface area contributed by atoms with Crippen LogP contribution in [-0.2, 0) is 11.2 Å². The van der Waals surface area contributed by atoms with E-state index in [4.69, 9.17) is 0 Å². The second-order valence-corrected chi connectivity index (χ2v) is 7.11. The maximum Gasteiger partial charge on any atom is 0.238 e. The summed E-state index contributed by atoms with van der Waals surface area (Å²) in [6.45, 7) is 0.231. The Morgan fingerprint density at radius 3 is 2.92 bits per heavy atom. The van der Waals surface area contributed by atoms with Gasteiger partial charge in [-0.1, -0.05) is 40.2 Å². The largest absolute Gasteiger partial charge is 0.322 e. The van der Waals surface area contributed by atoms with Gasteiger partial charge in [-0.25, -0.2) is 4.39 Å². The smallest absolute Gasteiger partial charge is 0.238 e. The summed E-state index contributed by atoms with van der Waals surface area (Å²) in [6.07, 6.45) is 3.25. The van der Waals surface area contributed by atoms with E-state index < -0.39 is 5.82 Å². The van der Waals surface area contributed by atoms with Crippen LogP contribution in [0.4, 0.5) is 10.1 Å². The zero-order chi connectivity index (χ0) is 17.1. The van der Waals surface area contributed by atoms with Crippen molar-refractivity contribution in [3.8, 4) is 0 Å². The van der Waals surface area contributed by atoms with Gasteiger partial charge in [-0.2, -0.15) is 0 Å². The molecule has 0 bridgehead atoms. The van der Waals surface area contributed by atoms with E-state index in [0.717, 1.165) is 19.3 Å². The topological polar surface area (TPSA) is 32.3 Å². The van der Waals surface area contributed by atoms with Crippen LogP contribution < -0.4 is 5.32 Å². The first-order valence-electron chi connectivity index (χ1n) is 8.07. The number of halogens is 2. The summed E-state index contributed by atoms with van der Waals surface area (Å²) >= 11 is 3.21. The van der Waals surface area contributed by atoms with Crippen LogP contribution in [0.2, 0.25) is 0 Å². The third-order valence-electron chi connectivity index (χ3n) is 4.47. The number of hydrogen-bond donors (Lipinski definition) is 1. The normalized spacial score (nSPS) is 16.8. The van der Waals surface area contributed by atoms with Crippen molar-refractivity contribution in [2.24, 2.45) is 0 Å². The zero-order valence-corrected chi connectivity index (χ0v) is 15.1. The van der Waals surface area contributed by atoms with E-state index in [1.54, 1.807) is 12.1 Å². The van der Waals surface area contributed by atoms with E-state index in [1.165, 1.54) is 17.2 Å². The minimum atomic E-state index is -0.441. The summed E-state index contributed by atoms with van der Waals surface area (Å²) in [5.41, 5.74) is 2.87. The Morgan fingerprint density at radius 2 is 2.12 bits per heavy atom. The van der Waals surface area contributed by atoms with Gasteiger partial charge >= 0.3 is 0 Å². The summed E-state index contributed by atoms with van der Waals surface area (Å²) in [6, 6.07) is 13.3. The number of nitrogens with zero attached hydrogens (tertiary/aromatic N) is 1. The molecule has 0 saturated heterocycles. The van der Waals surface area contributed by atoms with Gasteiger partial charge in [-0.3, -0.25) is 9.69 Å². The Labute approximate surface area is 150 Å². The van der Waals surface area contributed by atoms with E-state index in [9.17, 15) is 9.18 Å². The molecule has 3 rings (SSSR count). The molecule has 0 saturated carbocycles. The highest BCUT2D eigenvalue weighted by atomic mass is 79.9. The highest BCUT2D eigenvalue weighted by molar-refractivity contribution is 9.10. The molecule has 0 aromatic heterocycles. The number of likely N-dealkylation sites (N-methyl/N-ethyl adjacent to an activating group) is 1. The molecule has 1 aliphatic rings. The van der Waals surface area contributed by atoms with Crippen LogP contribution >= 0.6 is 15.9 Å². The Balaban J connectivity index is 1.67. The third kappa shape index (κ3) is 3.84. The van der Waals surface area contributed by atoms with Gasteiger partial charge in [-0.05, 0) is 55.6 Å². The molecule has 0 radical (unpaired) electrons. The number of fused-ring (bicyclic) bond motifs is 1. The van der Waals surface area contributed by atoms with Crippen molar-refractivity contribution in [3.63, 3.8) is 0 Å². The van der Waals surface area contributed by atoms with Crippen LogP contribution in [-0.4, -0.2) is 24.4 Å². The highest BCUT2D eigenvalue weighted by Crippen LogP contribution is 2.33. The number of rotatable bonds is 4. The number of hydrogen-bond acceptors (Lipinski definition) is 2. The fourth-order valence-electron chi connectivity index (χ4n) is 3.30. The van der Waals surface area contributed by atoms with E-state index in [-0.39, 0.29) is 24.2 Å². The molecule has 1 aliphatic carbocycles. The lowest BCUT2D eigenvalue weighted by Crippen LogP contribution is -2.35. The van der Waals surface area contributed by atoms with Crippen molar-refractivity contribution in [3.05, 3.63) is 63.9 Å². The molecule has 24 heavy (non-hydrogen) atoms. The molecule has 0 heterocycles. The second-order valence-electron chi connectivity index (χ2n) is 6.19. The molecule has 3 nitrogen and oxygen atoms in total. The molecular weight excluding hydrogens is 371 g/mol. The summed E-state index contributed by atoms with van der Waals surface area (Å²) in [5.74, 6) is -0.648. The molecule has 0 spiro atoms. The molecule has 2 aromatic rings. The summed E-state index contributed by atoms with van der Waals surface area (Å²) in [4.78, 5) is 14.3. The molecule has 0 aliphatic heterocycles. The van der Waals surface area contributed by atoms with E-state index in [2.05, 4.69) is 39.4 Å². The quantitative estimate of drug-likeness (QED) is 0.830. The van der Waals surface area contributed by atoms with Crippen molar-refractivity contribution in [2.45, 2.75) is 25.3 Å². The lowest BCUT2D eigenvalue weighted by atomic mass is 9.87. The number of anilines is 1. The first-order chi connectivity index (χ1) is 11.5. The van der Waals surface area contributed by atoms with Gasteiger partial charge in [0, 0.05) is 10.5 Å². The number of benzene rings is 2. The lowest BCUT2D eigenvalue weighted by Gasteiger charge is -2.32. The first kappa shape index (κ1) is 17.1. The number of carbonyl (C=O) groups is 1. The fraction of sp³-hybridized carbons (Fsp3) is 0.316. The second kappa shape index (κ2) is 7.45. The van der Waals surface area contributed by atoms with Gasteiger partial charge in [-0.15, -0.1) is 0 Å². The molecule has 1 atom stereocenters. The van der Waals surface area contributed by atoms with Gasteiger partial charge in [0.2, 0.25) is 5.91 Å². The van der Waals surface area contributed by atoms with E-state index >= 15 is 0 Å². The zero-order valence-electron chi connectivity index (χ0n) is 13.6. The maximum absolute atomic E-state index is 13.8. The van der Waals surface area contributed by atoms with Crippen molar-refractivity contribution in [1.29, 1.82) is 0 Å². The van der Waals surface area contributed by atoms with E-state index in [0.29, 0.717) is 4.47 Å². The van der Waals surface area contributed by atoms with Crippen LogP contribution in [0.1, 0.15) is 30.0 Å². The Bertz CT molecular complexity index is 750. The number of nitrogens with one attached hydrogen (secondary N) is 1. The molecule has 0 unspecified atom stereocenters. The minimum Gasteiger partial charge on any atom is -0.322 e. The lowest BCUT2D eigenvalue weighted by molar-refractivity contribution is -0.117. The SMILES string of the molecule is CN(CC(=O)Nc1ccc(Br)cc1F)[C@H]1CCCc2ccccc21. The molecule has 1 N–H and O–H groups in total. The molecular formula is C19H20BrFN2O. The predicted molar refractivity (Wildman–Crippen MR) is 97.5 cm³/mol. The Hall–Kier alpha value is -1.72. The van der Waals surface area contributed by atoms with Crippen LogP contribution in [0.5, 0.6) is 0 Å². The van der Waals surface area contributed by atoms with Gasteiger partial charge < -0.3 is 5.32 Å². The molecule has 5 heteroatoms. The predicted octanol–water partition coefficient (Wildman–Crippen LogP) is 4.54. The average Bonchev–Trinajstić information content (AvgIpc) is 2.57. The van der Waals surface area contributed by atoms with Gasteiger partial charge in [0.1, 0.15) is 5.82 Å². The van der Waals surface area contributed by atoms with Crippen molar-refractivity contribution in [1.82, 2.24) is 4.90 Å². The Kier molecular flexibility index (Phi) is 5.31. The number of amides is 1. The summed E-state index contributed by atoms with van der Waals surface area (Å²) in [7, 11) is 1.95. The van der Waals surface area contributed by atoms with Gasteiger partial charge in [0.15, 0.2) is 0 Å². The van der Waals surface area contributed by atoms with E-state index in [1.807, 2.05) is 18.0 Å². The third-order valence-corrected chi connectivity index (χ3v) is 4.96. The van der Waals surface area contributed by atoms with Crippen molar-refractivity contribution < 1.29 is 9.18 Å². The van der Waals surface area contributed by atoms with Crippen molar-refractivity contribution >= 4 is 27.5 Å². The number of carbonyl (C=O) groups excluding carboxylic acids is 1. The summed E-state index contributed by atoms with van der Waals surface area (Å²) in [5, 5.41) is 2.65. The Morgan fingerprint density at radius 1 is 1.33 bits per heavy atom. The monoisotopic (exact) mass is 390 g/mol. The molecule has 126 valence electrons. The first-order valence-corrected chi connectivity index (χ1v) is 8.87. The molecule has 0 fully saturated rings. The average molecular weight is 391 g/mol. The van der Waals surface area contributed by atoms with Crippen LogP contribution in [0.3, 0.4) is 0 Å². The standard InChI is InChI=1S/C19H20BrFN2O/c1-23(18-8-4-6-13-5-2-3-7-15(13)18)12-19(24)22-17-10-9-14(20)11-16(17)21/h2-3,5,7,9-11,18H,4,6,8,12H2,1H3,(H,22,24)/t18-/m0/s1. The van der Waals surface area contributed by atoms with Gasteiger partial charge in [0.25, 0.3) is 0 Å². The molecule has 2 aromatic carbocycles. The number of aryl methyl sites for hydroxylation is 1. The maximum atomic E-state index is 13.8. The summed E-state index contributed by atoms with van der Waals surface area (Å²) < 4.78 is 14.5. The van der Waals surface area contributed by atoms with Crippen LogP contribution in [0.15, 0.2) is 46.9 Å². The van der Waals surface area contributed by atoms with Crippen LogP contribution in [0, 0.1) is 5.82 Å². The van der Waals surface area contributed by atoms with Crippen molar-refractivity contribution in [2.75, 3.05) is 18.9 Å². The van der Waals surface area contributed by atoms with Gasteiger partial charge in [0.05, 0.1) is 12.2 Å². The molecule has 1 amide bonds. The minimum absolute atomic E-state index is 0.207. The fourth-order valence-corrected chi connectivity index (χ4v) is 3.64.